The van der Waals surface area contributed by atoms with Crippen molar-refractivity contribution in [2.75, 3.05) is 0 Å². The molecule has 3 aromatic carbocycles. The molecule has 1 N–H and O–H groups in total. The van der Waals surface area contributed by atoms with E-state index in [1.807, 2.05) is 66.7 Å². The maximum atomic E-state index is 13.0. The first-order chi connectivity index (χ1) is 13.6. The van der Waals surface area contributed by atoms with E-state index in [9.17, 15) is 4.79 Å². The van der Waals surface area contributed by atoms with Crippen molar-refractivity contribution in [3.8, 4) is 5.75 Å². The molecule has 144 valence electrons. The van der Waals surface area contributed by atoms with Crippen molar-refractivity contribution < 1.29 is 9.53 Å². The molecule has 0 saturated carbocycles. The van der Waals surface area contributed by atoms with Gasteiger partial charge in [0.1, 0.15) is 5.75 Å². The van der Waals surface area contributed by atoms with Gasteiger partial charge in [0.15, 0.2) is 6.10 Å². The Morgan fingerprint density at radius 2 is 1.57 bits per heavy atom. The molecule has 28 heavy (non-hydrogen) atoms. The van der Waals surface area contributed by atoms with Crippen LogP contribution in [0, 0.1) is 6.92 Å². The van der Waals surface area contributed by atoms with Gasteiger partial charge in [-0.2, -0.15) is 0 Å². The molecule has 0 aliphatic heterocycles. The van der Waals surface area contributed by atoms with Gasteiger partial charge in [0.2, 0.25) is 0 Å². The van der Waals surface area contributed by atoms with Crippen molar-refractivity contribution in [3.05, 3.63) is 101 Å². The number of amides is 1. The molecule has 0 bridgehead atoms. The number of rotatable bonds is 7. The maximum Gasteiger partial charge on any atom is 0.261 e. The predicted octanol–water partition coefficient (Wildman–Crippen LogP) is 5.23. The van der Waals surface area contributed by atoms with Crippen LogP contribution < -0.4 is 10.1 Å². The summed E-state index contributed by atoms with van der Waals surface area (Å²) in [5.74, 6) is 0.628. The first-order valence-corrected chi connectivity index (χ1v) is 9.75. The Balaban J connectivity index is 1.82. The third-order valence-electron chi connectivity index (χ3n) is 4.95. The van der Waals surface area contributed by atoms with Crippen LogP contribution >= 0.6 is 0 Å². The fourth-order valence-corrected chi connectivity index (χ4v) is 3.31. The van der Waals surface area contributed by atoms with E-state index < -0.39 is 6.10 Å². The molecule has 0 aliphatic rings. The van der Waals surface area contributed by atoms with Gasteiger partial charge in [0, 0.05) is 0 Å². The summed E-state index contributed by atoms with van der Waals surface area (Å²) in [4.78, 5) is 13.0. The van der Waals surface area contributed by atoms with E-state index in [-0.39, 0.29) is 11.9 Å². The zero-order valence-corrected chi connectivity index (χ0v) is 16.7. The highest BCUT2D eigenvalue weighted by molar-refractivity contribution is 5.81. The minimum atomic E-state index is -0.595. The number of carbonyl (C=O) groups is 1. The Bertz CT molecular complexity index is 921. The van der Waals surface area contributed by atoms with Crippen LogP contribution in [0.2, 0.25) is 0 Å². The van der Waals surface area contributed by atoms with Crippen LogP contribution in [-0.2, 0) is 11.2 Å². The highest BCUT2D eigenvalue weighted by Crippen LogP contribution is 2.25. The lowest BCUT2D eigenvalue weighted by atomic mass is 9.95. The minimum Gasteiger partial charge on any atom is -0.481 e. The van der Waals surface area contributed by atoms with Crippen LogP contribution in [0.1, 0.15) is 42.1 Å². The molecule has 0 aromatic heterocycles. The second-order valence-corrected chi connectivity index (χ2v) is 6.93. The number of nitrogens with one attached hydrogen (secondary N) is 1. The number of hydrogen-bond acceptors (Lipinski definition) is 2. The van der Waals surface area contributed by atoms with Gasteiger partial charge in [-0.05, 0) is 48.6 Å². The maximum absolute atomic E-state index is 13.0. The van der Waals surface area contributed by atoms with Crippen LogP contribution in [0.25, 0.3) is 0 Å². The van der Waals surface area contributed by atoms with E-state index in [1.165, 1.54) is 0 Å². The highest BCUT2D eigenvalue weighted by Gasteiger charge is 2.23. The number of aryl methyl sites for hydroxylation is 2. The molecule has 0 spiro atoms. The topological polar surface area (TPSA) is 38.3 Å². The number of carbonyl (C=O) groups excluding carboxylic acids is 1. The summed E-state index contributed by atoms with van der Waals surface area (Å²) in [6.07, 6.45) is 0.267. The third-order valence-corrected chi connectivity index (χ3v) is 4.95. The third kappa shape index (κ3) is 4.61. The van der Waals surface area contributed by atoms with Crippen LogP contribution in [0.5, 0.6) is 5.75 Å². The number of para-hydroxylation sites is 1. The Kier molecular flexibility index (Phi) is 6.49. The highest BCUT2D eigenvalue weighted by atomic mass is 16.5. The monoisotopic (exact) mass is 373 g/mol. The van der Waals surface area contributed by atoms with E-state index in [0.29, 0.717) is 0 Å². The van der Waals surface area contributed by atoms with Crippen molar-refractivity contribution in [1.29, 1.82) is 0 Å². The smallest absolute Gasteiger partial charge is 0.261 e. The molecule has 0 unspecified atom stereocenters. The largest absolute Gasteiger partial charge is 0.481 e. The summed E-state index contributed by atoms with van der Waals surface area (Å²) in [6.45, 7) is 5.94. The predicted molar refractivity (Wildman–Crippen MR) is 114 cm³/mol. The molecular weight excluding hydrogens is 346 g/mol. The van der Waals surface area contributed by atoms with Crippen LogP contribution in [-0.4, -0.2) is 12.0 Å². The summed E-state index contributed by atoms with van der Waals surface area (Å²) in [7, 11) is 0. The Morgan fingerprint density at radius 1 is 0.929 bits per heavy atom. The summed E-state index contributed by atoms with van der Waals surface area (Å²) in [5, 5.41) is 3.18. The van der Waals surface area contributed by atoms with Crippen molar-refractivity contribution in [1.82, 2.24) is 5.32 Å². The van der Waals surface area contributed by atoms with E-state index in [4.69, 9.17) is 4.74 Å². The first-order valence-electron chi connectivity index (χ1n) is 9.75. The van der Waals surface area contributed by atoms with E-state index >= 15 is 0 Å². The van der Waals surface area contributed by atoms with Crippen molar-refractivity contribution in [2.24, 2.45) is 0 Å². The lowest BCUT2D eigenvalue weighted by Gasteiger charge is -2.24. The van der Waals surface area contributed by atoms with Gasteiger partial charge in [-0.15, -0.1) is 0 Å². The zero-order valence-electron chi connectivity index (χ0n) is 16.7. The summed E-state index contributed by atoms with van der Waals surface area (Å²) in [6, 6.07) is 25.8. The molecule has 2 atom stereocenters. The molecular formula is C25H27NO2. The van der Waals surface area contributed by atoms with E-state index in [0.717, 1.165) is 34.4 Å². The number of hydrogen-bond donors (Lipinski definition) is 1. The van der Waals surface area contributed by atoms with Gasteiger partial charge in [-0.25, -0.2) is 0 Å². The van der Waals surface area contributed by atoms with Gasteiger partial charge >= 0.3 is 0 Å². The Hall–Kier alpha value is -3.07. The first kappa shape index (κ1) is 19.7. The molecule has 3 nitrogen and oxygen atoms in total. The molecule has 0 fully saturated rings. The average Bonchev–Trinajstić information content (AvgIpc) is 2.73. The van der Waals surface area contributed by atoms with Crippen LogP contribution in [0.3, 0.4) is 0 Å². The molecule has 0 saturated heterocycles. The molecule has 0 heterocycles. The lowest BCUT2D eigenvalue weighted by molar-refractivity contribution is -0.127. The van der Waals surface area contributed by atoms with Crippen molar-refractivity contribution >= 4 is 5.91 Å². The molecule has 3 rings (SSSR count). The molecule has 1 amide bonds. The average molecular weight is 373 g/mol. The van der Waals surface area contributed by atoms with Crippen molar-refractivity contribution in [2.45, 2.75) is 39.3 Å². The Morgan fingerprint density at radius 3 is 2.29 bits per heavy atom. The fourth-order valence-electron chi connectivity index (χ4n) is 3.31. The minimum absolute atomic E-state index is 0.136. The van der Waals surface area contributed by atoms with Crippen molar-refractivity contribution in [3.63, 3.8) is 0 Å². The summed E-state index contributed by atoms with van der Waals surface area (Å²) in [5.41, 5.74) is 4.37. The quantitative estimate of drug-likeness (QED) is 0.616. The second-order valence-electron chi connectivity index (χ2n) is 6.93. The van der Waals surface area contributed by atoms with Gasteiger partial charge in [0.25, 0.3) is 5.91 Å². The van der Waals surface area contributed by atoms with Gasteiger partial charge in [-0.3, -0.25) is 4.79 Å². The van der Waals surface area contributed by atoms with Gasteiger partial charge < -0.3 is 10.1 Å². The summed E-state index contributed by atoms with van der Waals surface area (Å²) >= 11 is 0. The normalized spacial score (nSPS) is 12.8. The molecule has 3 heteroatoms. The SMILES string of the molecule is CCc1ccccc1O[C@@H](C)C(=O)N[C@H](c1ccccc1)c1ccccc1C. The lowest BCUT2D eigenvalue weighted by Crippen LogP contribution is -2.39. The zero-order chi connectivity index (χ0) is 19.9. The van der Waals surface area contributed by atoms with Gasteiger partial charge in [0.05, 0.1) is 6.04 Å². The molecule has 0 radical (unpaired) electrons. The van der Waals surface area contributed by atoms with E-state index in [1.54, 1.807) is 6.92 Å². The number of benzene rings is 3. The fraction of sp³-hybridized carbons (Fsp3) is 0.240. The van der Waals surface area contributed by atoms with Gasteiger partial charge in [-0.1, -0.05) is 79.7 Å². The Labute approximate surface area is 167 Å². The standard InChI is InChI=1S/C25H27NO2/c1-4-20-13-9-11-17-23(20)28-19(3)25(27)26-24(21-14-6-5-7-15-21)22-16-10-8-12-18(22)2/h5-17,19,24H,4H2,1-3H3,(H,26,27)/t19-,24+/m0/s1. The molecule has 0 aliphatic carbocycles. The molecule has 3 aromatic rings. The summed E-state index contributed by atoms with van der Waals surface area (Å²) < 4.78 is 5.99. The number of ether oxygens (including phenoxy) is 1. The van der Waals surface area contributed by atoms with Crippen LogP contribution in [0.15, 0.2) is 78.9 Å². The van der Waals surface area contributed by atoms with Crippen LogP contribution in [0.4, 0.5) is 0 Å². The second kappa shape index (κ2) is 9.23. The van der Waals surface area contributed by atoms with E-state index in [2.05, 4.69) is 31.3 Å².